The molecule has 138 valence electrons. The Balaban J connectivity index is 2.27. The van der Waals surface area contributed by atoms with Crippen LogP contribution in [0.25, 0.3) is 22.5 Å². The summed E-state index contributed by atoms with van der Waals surface area (Å²) in [5.41, 5.74) is -3.43. The van der Waals surface area contributed by atoms with Crippen molar-refractivity contribution in [2.24, 2.45) is 0 Å². The largest absolute Gasteiger partial charge is 0.441 e. The Bertz CT molecular complexity index is 1100. The van der Waals surface area contributed by atoms with Crippen molar-refractivity contribution in [1.29, 1.82) is 0 Å². The van der Waals surface area contributed by atoms with E-state index in [4.69, 9.17) is 0 Å². The zero-order valence-corrected chi connectivity index (χ0v) is 12.4. The van der Waals surface area contributed by atoms with Crippen LogP contribution in [0.15, 0.2) is 27.5 Å². The molecular weight excluding hydrogens is 378 g/mol. The number of aromatic nitrogens is 4. The summed E-state index contributed by atoms with van der Waals surface area (Å²) in [6.07, 6.45) is 0. The number of nitro benzene ring substituents is 1. The Morgan fingerprint density at radius 2 is 1.33 bits per heavy atom. The monoisotopic (exact) mass is 381 g/mol. The van der Waals surface area contributed by atoms with Gasteiger partial charge in [-0.25, -0.2) is 0 Å². The highest BCUT2D eigenvalue weighted by atomic mass is 16.8. The van der Waals surface area contributed by atoms with E-state index in [1.165, 1.54) is 0 Å². The minimum absolute atomic E-state index is 0.341. The highest BCUT2D eigenvalue weighted by Gasteiger charge is 2.35. The molecule has 0 aliphatic rings. The molecule has 2 heterocycles. The van der Waals surface area contributed by atoms with E-state index in [1.54, 1.807) is 0 Å². The summed E-state index contributed by atoms with van der Waals surface area (Å²) < 4.78 is 8.21. The summed E-state index contributed by atoms with van der Waals surface area (Å²) in [5.74, 6) is -2.10. The van der Waals surface area contributed by atoms with Crippen molar-refractivity contribution in [2.45, 2.75) is 0 Å². The van der Waals surface area contributed by atoms with Crippen molar-refractivity contribution in [1.82, 2.24) is 10.3 Å². The van der Waals surface area contributed by atoms with Crippen LogP contribution < -0.4 is 9.81 Å². The van der Waals surface area contributed by atoms with E-state index in [9.17, 15) is 40.8 Å². The number of benzene rings is 1. The van der Waals surface area contributed by atoms with Gasteiger partial charge in [0, 0.05) is 11.6 Å². The third-order valence-corrected chi connectivity index (χ3v) is 3.26. The summed E-state index contributed by atoms with van der Waals surface area (Å²) >= 11 is 0. The zero-order chi connectivity index (χ0) is 19.9. The Hall–Kier alpha value is -4.70. The van der Waals surface area contributed by atoms with Crippen molar-refractivity contribution in [3.8, 4) is 22.5 Å². The average molecular weight is 381 g/mol. The molecule has 0 saturated carbocycles. The molecule has 3 rings (SSSR count). The van der Waals surface area contributed by atoms with Crippen LogP contribution in [0.5, 0.6) is 0 Å². The van der Waals surface area contributed by atoms with Crippen LogP contribution in [-0.2, 0) is 0 Å². The lowest BCUT2D eigenvalue weighted by atomic mass is 10.0. The van der Waals surface area contributed by atoms with E-state index in [0.29, 0.717) is 6.07 Å². The van der Waals surface area contributed by atoms with Gasteiger partial charge in [-0.05, 0) is 31.8 Å². The maximum atomic E-state index is 11.6. The average Bonchev–Trinajstić information content (AvgIpc) is 3.17. The molecule has 1 aromatic carbocycles. The second-order valence-corrected chi connectivity index (χ2v) is 4.71. The molecular formula is C10H3N7O10. The normalized spacial score (nSPS) is 10.7. The summed E-state index contributed by atoms with van der Waals surface area (Å²) in [6, 6.07) is 2.51. The lowest BCUT2D eigenvalue weighted by Gasteiger charge is -2.03. The molecule has 0 aliphatic carbocycles. The molecule has 17 nitrogen and oxygen atoms in total. The lowest BCUT2D eigenvalue weighted by Crippen LogP contribution is -2.26. The van der Waals surface area contributed by atoms with Gasteiger partial charge in [-0.15, -0.1) is 0 Å². The lowest BCUT2D eigenvalue weighted by molar-refractivity contribution is -0.793. The van der Waals surface area contributed by atoms with Crippen LogP contribution in [-0.4, -0.2) is 25.1 Å². The van der Waals surface area contributed by atoms with Gasteiger partial charge in [-0.1, -0.05) is 0 Å². The molecule has 0 bridgehead atoms. The van der Waals surface area contributed by atoms with Gasteiger partial charge in [0.2, 0.25) is 0 Å². The van der Waals surface area contributed by atoms with Gasteiger partial charge in [0.1, 0.15) is 5.56 Å². The highest BCUT2D eigenvalue weighted by Crippen LogP contribution is 2.36. The third-order valence-electron chi connectivity index (χ3n) is 3.26. The first-order valence-electron chi connectivity index (χ1n) is 6.49. The molecule has 17 heteroatoms. The van der Waals surface area contributed by atoms with Gasteiger partial charge in [0.25, 0.3) is 17.1 Å². The Kier molecular flexibility index (Phi) is 3.80. The van der Waals surface area contributed by atoms with E-state index in [1.807, 2.05) is 0 Å². The van der Waals surface area contributed by atoms with Gasteiger partial charge in [0.05, 0.1) is 15.2 Å². The first-order chi connectivity index (χ1) is 12.7. The van der Waals surface area contributed by atoms with Crippen LogP contribution >= 0.6 is 0 Å². The molecule has 0 saturated heterocycles. The summed E-state index contributed by atoms with van der Waals surface area (Å²) in [4.78, 5) is 29.3. The SMILES string of the molecule is O=[N+]([O-])c1cc(-c2c([N+](=O)[O-])no[n+]2[O-])ccc1-c1c([N+](=O)[O-])no[n+]1[O-]. The van der Waals surface area contributed by atoms with E-state index in [0.717, 1.165) is 12.1 Å². The van der Waals surface area contributed by atoms with Gasteiger partial charge >= 0.3 is 11.6 Å². The molecule has 0 aliphatic heterocycles. The fourth-order valence-corrected chi connectivity index (χ4v) is 2.21. The standard InChI is InChI=1S/C10H3N7O10/c18-13(19)6-3-4(7-9(14(20)21)11-26-16(7)24)1-2-5(6)8-10(15(22)23)12-27-17(8)25/h1-3H. The minimum atomic E-state index is -1.10. The van der Waals surface area contributed by atoms with Gasteiger partial charge in [0.15, 0.2) is 0 Å². The topological polar surface area (TPSA) is 235 Å². The molecule has 0 unspecified atom stereocenters. The Labute approximate surface area is 144 Å². The predicted octanol–water partition coefficient (Wildman–Crippen LogP) is -0.0120. The predicted molar refractivity (Wildman–Crippen MR) is 75.3 cm³/mol. The van der Waals surface area contributed by atoms with Crippen molar-refractivity contribution >= 4 is 17.3 Å². The zero-order valence-electron chi connectivity index (χ0n) is 12.4. The summed E-state index contributed by atoms with van der Waals surface area (Å²) in [5, 5.41) is 62.2. The number of nitrogens with zero attached hydrogens (tertiary/aromatic N) is 7. The Morgan fingerprint density at radius 1 is 0.815 bits per heavy atom. The maximum absolute atomic E-state index is 11.6. The highest BCUT2D eigenvalue weighted by molar-refractivity contribution is 5.78. The van der Waals surface area contributed by atoms with Crippen molar-refractivity contribution in [2.75, 3.05) is 0 Å². The number of rotatable bonds is 5. The molecule has 0 atom stereocenters. The van der Waals surface area contributed by atoms with Crippen LogP contribution in [0.3, 0.4) is 0 Å². The molecule has 27 heavy (non-hydrogen) atoms. The number of hydrogen-bond acceptors (Lipinski definition) is 12. The molecule has 0 spiro atoms. The summed E-state index contributed by atoms with van der Waals surface area (Å²) in [7, 11) is 0. The van der Waals surface area contributed by atoms with Crippen molar-refractivity contribution < 1.29 is 33.8 Å². The smallest absolute Gasteiger partial charge is 0.359 e. The molecule has 0 amide bonds. The van der Waals surface area contributed by atoms with E-state index < -0.39 is 53.9 Å². The van der Waals surface area contributed by atoms with E-state index in [2.05, 4.69) is 19.6 Å². The van der Waals surface area contributed by atoms with Crippen LogP contribution in [0, 0.1) is 40.8 Å². The first kappa shape index (κ1) is 17.1. The van der Waals surface area contributed by atoms with Crippen molar-refractivity contribution in [3.05, 3.63) is 59.0 Å². The minimum Gasteiger partial charge on any atom is -0.359 e. The van der Waals surface area contributed by atoms with E-state index >= 15 is 0 Å². The maximum Gasteiger partial charge on any atom is 0.441 e. The molecule has 0 radical (unpaired) electrons. The first-order valence-corrected chi connectivity index (χ1v) is 6.49. The van der Waals surface area contributed by atoms with E-state index in [-0.39, 0.29) is 10.5 Å². The van der Waals surface area contributed by atoms with Gasteiger partial charge in [-0.3, -0.25) is 19.4 Å². The second-order valence-electron chi connectivity index (χ2n) is 4.71. The molecule has 2 aromatic heterocycles. The molecule has 0 N–H and O–H groups in total. The number of hydrogen-bond donors (Lipinski definition) is 0. The van der Waals surface area contributed by atoms with Gasteiger partial charge < -0.3 is 30.6 Å². The Morgan fingerprint density at radius 3 is 1.85 bits per heavy atom. The molecule has 3 aromatic rings. The third kappa shape index (κ3) is 2.69. The van der Waals surface area contributed by atoms with Crippen molar-refractivity contribution in [3.63, 3.8) is 0 Å². The van der Waals surface area contributed by atoms with Gasteiger partial charge in [-0.2, -0.15) is 0 Å². The number of nitro groups is 3. The fraction of sp³-hybridized carbons (Fsp3) is 0. The quantitative estimate of drug-likeness (QED) is 0.322. The van der Waals surface area contributed by atoms with Crippen LogP contribution in [0.4, 0.5) is 17.3 Å². The van der Waals surface area contributed by atoms with Crippen LogP contribution in [0.1, 0.15) is 0 Å². The fourth-order valence-electron chi connectivity index (χ4n) is 2.21. The van der Waals surface area contributed by atoms with Crippen LogP contribution in [0.2, 0.25) is 0 Å². The second kappa shape index (κ2) is 5.98. The summed E-state index contributed by atoms with van der Waals surface area (Å²) in [6.45, 7) is 0. The molecule has 0 fully saturated rings.